The molecule has 0 spiro atoms. The predicted octanol–water partition coefficient (Wildman–Crippen LogP) is 2.52. The van der Waals surface area contributed by atoms with E-state index >= 15 is 0 Å². The normalized spacial score (nSPS) is 16.7. The van der Waals surface area contributed by atoms with Crippen LogP contribution in [0.5, 0.6) is 0 Å². The highest BCUT2D eigenvalue weighted by atomic mass is 32.1. The molecule has 1 aliphatic heterocycles. The van der Waals surface area contributed by atoms with Crippen LogP contribution >= 0.6 is 12.6 Å². The Morgan fingerprint density at radius 3 is 2.88 bits per heavy atom. The average molecular weight is 345 g/mol. The van der Waals surface area contributed by atoms with Gasteiger partial charge in [-0.1, -0.05) is 18.2 Å². The third-order valence-corrected chi connectivity index (χ3v) is 4.27. The van der Waals surface area contributed by atoms with Gasteiger partial charge in [-0.2, -0.15) is 12.6 Å². The first-order chi connectivity index (χ1) is 11.8. The van der Waals surface area contributed by atoms with Crippen LogP contribution in [0, 0.1) is 0 Å². The number of nitrogens with zero attached hydrogens (tertiary/aromatic N) is 3. The zero-order valence-corrected chi connectivity index (χ0v) is 14.7. The lowest BCUT2D eigenvalue weighted by atomic mass is 10.1. The van der Waals surface area contributed by atoms with E-state index in [9.17, 15) is 0 Å². The molecule has 24 heavy (non-hydrogen) atoms. The number of hydrogen-bond acceptors (Lipinski definition) is 6. The van der Waals surface area contributed by atoms with Gasteiger partial charge in [0, 0.05) is 5.39 Å². The molecule has 1 atom stereocenters. The van der Waals surface area contributed by atoms with E-state index in [1.54, 1.807) is 6.26 Å². The van der Waals surface area contributed by atoms with E-state index in [1.807, 2.05) is 18.2 Å². The van der Waals surface area contributed by atoms with Crippen molar-refractivity contribution in [2.75, 3.05) is 25.1 Å². The Labute approximate surface area is 146 Å². The maximum atomic E-state index is 6.13. The molecule has 6 nitrogen and oxygen atoms in total. The standard InChI is InChI=1S/C16H19N5O.CH4S/c17-7-3-4-10-8-22-9-13-20-14-15(21(10)13)11-5-1-2-6-12(11)19-16(14)18;1-2/h1-2,5-6,10H,3-4,7-9,17H2,(H2,18,19);2H,1H3. The summed E-state index contributed by atoms with van der Waals surface area (Å²) in [6, 6.07) is 8.31. The summed E-state index contributed by atoms with van der Waals surface area (Å²) in [5.74, 6) is 1.40. The Bertz CT molecular complexity index is 848. The largest absolute Gasteiger partial charge is 0.382 e. The lowest BCUT2D eigenvalue weighted by molar-refractivity contribution is 0.0535. The van der Waals surface area contributed by atoms with Gasteiger partial charge in [-0.15, -0.1) is 0 Å². The summed E-state index contributed by atoms with van der Waals surface area (Å²) in [5, 5.41) is 1.09. The van der Waals surface area contributed by atoms with Crippen molar-refractivity contribution in [2.24, 2.45) is 5.73 Å². The molecule has 0 fully saturated rings. The summed E-state index contributed by atoms with van der Waals surface area (Å²) in [4.78, 5) is 9.16. The molecular weight excluding hydrogens is 322 g/mol. The number of rotatable bonds is 3. The number of imidazole rings is 1. The first kappa shape index (κ1) is 17.0. The van der Waals surface area contributed by atoms with Crippen LogP contribution in [0.2, 0.25) is 0 Å². The average Bonchev–Trinajstić information content (AvgIpc) is 3.03. The topological polar surface area (TPSA) is 92.0 Å². The molecule has 2 aromatic heterocycles. The highest BCUT2D eigenvalue weighted by Gasteiger charge is 2.26. The van der Waals surface area contributed by atoms with Crippen molar-refractivity contribution in [3.05, 3.63) is 30.1 Å². The van der Waals surface area contributed by atoms with Crippen molar-refractivity contribution >= 4 is 40.4 Å². The molecule has 0 radical (unpaired) electrons. The number of pyridine rings is 1. The SMILES string of the molecule is CS.NCCCC1COCc2nc3c(N)nc4ccccc4c3n21. The molecule has 7 heteroatoms. The van der Waals surface area contributed by atoms with Gasteiger partial charge >= 0.3 is 0 Å². The van der Waals surface area contributed by atoms with Crippen LogP contribution in [0.25, 0.3) is 21.9 Å². The van der Waals surface area contributed by atoms with Crippen molar-refractivity contribution in [1.82, 2.24) is 14.5 Å². The Balaban J connectivity index is 0.000000815. The number of hydrogen-bond donors (Lipinski definition) is 3. The molecule has 3 aromatic rings. The van der Waals surface area contributed by atoms with Gasteiger partial charge < -0.3 is 20.8 Å². The number of ether oxygens (including phenoxy) is 1. The minimum atomic E-state index is 0.252. The van der Waals surface area contributed by atoms with Crippen LogP contribution in [0.1, 0.15) is 24.7 Å². The molecule has 0 bridgehead atoms. The third-order valence-electron chi connectivity index (χ3n) is 4.27. The minimum Gasteiger partial charge on any atom is -0.382 e. The van der Waals surface area contributed by atoms with Crippen molar-refractivity contribution in [3.8, 4) is 0 Å². The smallest absolute Gasteiger partial charge is 0.152 e. The molecule has 1 aromatic carbocycles. The van der Waals surface area contributed by atoms with Gasteiger partial charge in [-0.25, -0.2) is 9.97 Å². The van der Waals surface area contributed by atoms with Gasteiger partial charge in [0.2, 0.25) is 0 Å². The first-order valence-electron chi connectivity index (χ1n) is 8.07. The Morgan fingerprint density at radius 2 is 2.08 bits per heavy atom. The summed E-state index contributed by atoms with van der Waals surface area (Å²) in [6.07, 6.45) is 3.64. The van der Waals surface area contributed by atoms with Crippen LogP contribution in [0.15, 0.2) is 24.3 Å². The molecule has 128 valence electrons. The number of thiol groups is 1. The molecule has 4 N–H and O–H groups in total. The maximum Gasteiger partial charge on any atom is 0.152 e. The molecule has 0 saturated carbocycles. The number of benzene rings is 1. The quantitative estimate of drug-likeness (QED) is 0.635. The zero-order chi connectivity index (χ0) is 17.1. The molecule has 1 unspecified atom stereocenters. The fourth-order valence-corrected chi connectivity index (χ4v) is 3.29. The summed E-state index contributed by atoms with van der Waals surface area (Å²) in [5.41, 5.74) is 14.6. The first-order valence-corrected chi connectivity index (χ1v) is 8.96. The molecule has 0 saturated heterocycles. The van der Waals surface area contributed by atoms with E-state index in [0.717, 1.165) is 40.6 Å². The van der Waals surface area contributed by atoms with Crippen LogP contribution in [0.4, 0.5) is 5.82 Å². The second-order valence-electron chi connectivity index (χ2n) is 5.71. The van der Waals surface area contributed by atoms with Gasteiger partial charge in [0.05, 0.1) is 23.7 Å². The molecule has 0 aliphatic carbocycles. The molecule has 3 heterocycles. The number of aromatic nitrogens is 3. The minimum absolute atomic E-state index is 0.252. The van der Waals surface area contributed by atoms with Crippen LogP contribution in [-0.4, -0.2) is 33.9 Å². The fraction of sp³-hybridized carbons (Fsp3) is 0.412. The zero-order valence-electron chi connectivity index (χ0n) is 13.8. The second kappa shape index (κ2) is 7.38. The van der Waals surface area contributed by atoms with E-state index in [4.69, 9.17) is 16.2 Å². The van der Waals surface area contributed by atoms with E-state index < -0.39 is 0 Å². The van der Waals surface area contributed by atoms with Gasteiger partial charge in [0.25, 0.3) is 0 Å². The van der Waals surface area contributed by atoms with E-state index in [-0.39, 0.29) is 6.04 Å². The highest BCUT2D eigenvalue weighted by molar-refractivity contribution is 7.79. The summed E-state index contributed by atoms with van der Waals surface area (Å²) < 4.78 is 7.99. The van der Waals surface area contributed by atoms with E-state index in [2.05, 4.69) is 33.2 Å². The summed E-state index contributed by atoms with van der Waals surface area (Å²) >= 11 is 3.53. The Kier molecular flexibility index (Phi) is 5.23. The van der Waals surface area contributed by atoms with E-state index in [0.29, 0.717) is 25.6 Å². The van der Waals surface area contributed by atoms with Gasteiger partial charge in [0.15, 0.2) is 5.82 Å². The third kappa shape index (κ3) is 2.83. The Hall–Kier alpha value is -1.83. The lowest BCUT2D eigenvalue weighted by Crippen LogP contribution is -2.24. The summed E-state index contributed by atoms with van der Waals surface area (Å²) in [6.45, 7) is 1.89. The van der Waals surface area contributed by atoms with Crippen LogP contribution in [0.3, 0.4) is 0 Å². The molecule has 0 amide bonds. The Morgan fingerprint density at radius 1 is 1.29 bits per heavy atom. The van der Waals surface area contributed by atoms with Crippen molar-refractivity contribution < 1.29 is 4.74 Å². The molecule has 4 rings (SSSR count). The predicted molar refractivity (Wildman–Crippen MR) is 101 cm³/mol. The lowest BCUT2D eigenvalue weighted by Gasteiger charge is -2.26. The highest BCUT2D eigenvalue weighted by Crippen LogP contribution is 2.34. The van der Waals surface area contributed by atoms with Gasteiger partial charge in [-0.05, 0) is 31.7 Å². The van der Waals surface area contributed by atoms with Crippen molar-refractivity contribution in [1.29, 1.82) is 0 Å². The van der Waals surface area contributed by atoms with Gasteiger partial charge in [-0.3, -0.25) is 0 Å². The molecule has 1 aliphatic rings. The number of fused-ring (bicyclic) bond motifs is 5. The van der Waals surface area contributed by atoms with Crippen LogP contribution in [-0.2, 0) is 11.3 Å². The number of anilines is 1. The van der Waals surface area contributed by atoms with Crippen molar-refractivity contribution in [3.63, 3.8) is 0 Å². The number of para-hydroxylation sites is 1. The van der Waals surface area contributed by atoms with Crippen LogP contribution < -0.4 is 11.5 Å². The van der Waals surface area contributed by atoms with Crippen molar-refractivity contribution in [2.45, 2.75) is 25.5 Å². The number of nitrogens with two attached hydrogens (primary N) is 2. The number of nitrogen functional groups attached to an aromatic ring is 1. The molecular formula is C17H23N5OS. The van der Waals surface area contributed by atoms with Gasteiger partial charge in [0.1, 0.15) is 17.9 Å². The van der Waals surface area contributed by atoms with E-state index in [1.165, 1.54) is 0 Å². The fourth-order valence-electron chi connectivity index (χ4n) is 3.29. The second-order valence-corrected chi connectivity index (χ2v) is 5.71. The maximum absolute atomic E-state index is 6.13. The summed E-state index contributed by atoms with van der Waals surface area (Å²) in [7, 11) is 0. The monoisotopic (exact) mass is 345 g/mol.